The summed E-state index contributed by atoms with van der Waals surface area (Å²) in [6, 6.07) is 16.6. The summed E-state index contributed by atoms with van der Waals surface area (Å²) >= 11 is 2.31. The fourth-order valence-corrected chi connectivity index (χ4v) is 2.44. The second-order valence-electron chi connectivity index (χ2n) is 5.18. The molecule has 0 spiro atoms. The molecule has 20 heavy (non-hydrogen) atoms. The van der Waals surface area contributed by atoms with E-state index >= 15 is 0 Å². The number of hydrogen-bond acceptors (Lipinski definition) is 2. The first-order valence-electron chi connectivity index (χ1n) is 6.81. The predicted molar refractivity (Wildman–Crippen MR) is 92.0 cm³/mol. The van der Waals surface area contributed by atoms with Crippen molar-refractivity contribution in [1.82, 2.24) is 0 Å². The Morgan fingerprint density at radius 2 is 1.80 bits per heavy atom. The third-order valence-electron chi connectivity index (χ3n) is 3.03. The predicted octanol–water partition coefficient (Wildman–Crippen LogP) is 4.32. The fraction of sp³-hybridized carbons (Fsp3) is 0.294. The van der Waals surface area contributed by atoms with Crippen molar-refractivity contribution < 1.29 is 4.74 Å². The van der Waals surface area contributed by atoms with Crippen LogP contribution in [0, 0.1) is 3.57 Å². The average molecular weight is 381 g/mol. The molecule has 2 aromatic carbocycles. The minimum Gasteiger partial charge on any atom is -0.491 e. The highest BCUT2D eigenvalue weighted by Gasteiger charge is 2.09. The van der Waals surface area contributed by atoms with Crippen LogP contribution >= 0.6 is 22.6 Å². The van der Waals surface area contributed by atoms with E-state index in [-0.39, 0.29) is 12.1 Å². The molecule has 0 aromatic heterocycles. The third kappa shape index (κ3) is 4.49. The number of rotatable bonds is 5. The molecule has 0 aliphatic carbocycles. The van der Waals surface area contributed by atoms with Gasteiger partial charge < -0.3 is 10.5 Å². The second kappa shape index (κ2) is 7.09. The van der Waals surface area contributed by atoms with E-state index < -0.39 is 0 Å². The van der Waals surface area contributed by atoms with Gasteiger partial charge in [-0.1, -0.05) is 24.3 Å². The van der Waals surface area contributed by atoms with Crippen molar-refractivity contribution in [3.05, 3.63) is 63.2 Å². The molecular formula is C17H20INO. The SMILES string of the molecule is CC(C)Oc1cccc(C(N)Cc2ccc(I)cc2)c1. The Hall–Kier alpha value is -1.07. The first kappa shape index (κ1) is 15.3. The maximum absolute atomic E-state index is 6.31. The van der Waals surface area contributed by atoms with Crippen molar-refractivity contribution in [2.45, 2.75) is 32.4 Å². The summed E-state index contributed by atoms with van der Waals surface area (Å²) in [5, 5.41) is 0. The molecule has 0 bridgehead atoms. The van der Waals surface area contributed by atoms with Gasteiger partial charge in [0.15, 0.2) is 0 Å². The van der Waals surface area contributed by atoms with Crippen LogP contribution in [0.1, 0.15) is 31.0 Å². The van der Waals surface area contributed by atoms with Gasteiger partial charge in [-0.05, 0) is 78.3 Å². The van der Waals surface area contributed by atoms with Crippen LogP contribution in [0.3, 0.4) is 0 Å². The molecular weight excluding hydrogens is 361 g/mol. The van der Waals surface area contributed by atoms with E-state index in [1.807, 2.05) is 32.0 Å². The summed E-state index contributed by atoms with van der Waals surface area (Å²) in [6.07, 6.45) is 1.01. The zero-order valence-electron chi connectivity index (χ0n) is 11.8. The van der Waals surface area contributed by atoms with Gasteiger partial charge in [0.2, 0.25) is 0 Å². The fourth-order valence-electron chi connectivity index (χ4n) is 2.08. The molecule has 0 heterocycles. The van der Waals surface area contributed by atoms with Gasteiger partial charge in [0.05, 0.1) is 6.10 Å². The van der Waals surface area contributed by atoms with E-state index in [9.17, 15) is 0 Å². The molecule has 2 nitrogen and oxygen atoms in total. The summed E-state index contributed by atoms with van der Waals surface area (Å²) < 4.78 is 6.96. The van der Waals surface area contributed by atoms with Gasteiger partial charge in [0.1, 0.15) is 5.75 Å². The van der Waals surface area contributed by atoms with Gasteiger partial charge in [-0.2, -0.15) is 0 Å². The molecule has 0 aliphatic rings. The number of halogens is 1. The Bertz CT molecular complexity index is 551. The highest BCUT2D eigenvalue weighted by Crippen LogP contribution is 2.22. The second-order valence-corrected chi connectivity index (χ2v) is 6.42. The number of nitrogens with two attached hydrogens (primary N) is 1. The highest BCUT2D eigenvalue weighted by molar-refractivity contribution is 14.1. The van der Waals surface area contributed by atoms with Crippen molar-refractivity contribution in [2.24, 2.45) is 5.73 Å². The molecule has 1 unspecified atom stereocenters. The first-order valence-corrected chi connectivity index (χ1v) is 7.89. The largest absolute Gasteiger partial charge is 0.491 e. The first-order chi connectivity index (χ1) is 9.54. The smallest absolute Gasteiger partial charge is 0.120 e. The maximum Gasteiger partial charge on any atom is 0.120 e. The summed E-state index contributed by atoms with van der Waals surface area (Å²) in [6.45, 7) is 4.05. The Labute approximate surface area is 134 Å². The zero-order chi connectivity index (χ0) is 14.5. The van der Waals surface area contributed by atoms with Gasteiger partial charge in [-0.15, -0.1) is 0 Å². The lowest BCUT2D eigenvalue weighted by atomic mass is 9.99. The van der Waals surface area contributed by atoms with Gasteiger partial charge in [-0.3, -0.25) is 0 Å². The summed E-state index contributed by atoms with van der Waals surface area (Å²) in [7, 11) is 0. The van der Waals surface area contributed by atoms with Crippen LogP contribution in [0.25, 0.3) is 0 Å². The van der Waals surface area contributed by atoms with Crippen molar-refractivity contribution >= 4 is 22.6 Å². The van der Waals surface area contributed by atoms with Crippen LogP contribution in [0.15, 0.2) is 48.5 Å². The molecule has 2 rings (SSSR count). The normalized spacial score (nSPS) is 12.4. The molecule has 106 valence electrons. The standard InChI is InChI=1S/C17H20INO/c1-12(2)20-16-5-3-4-14(11-16)17(19)10-13-6-8-15(18)9-7-13/h3-9,11-12,17H,10,19H2,1-2H3. The number of ether oxygens (including phenoxy) is 1. The van der Waals surface area contributed by atoms with Gasteiger partial charge in [0.25, 0.3) is 0 Å². The van der Waals surface area contributed by atoms with Crippen LogP contribution in [0.2, 0.25) is 0 Å². The Morgan fingerprint density at radius 1 is 1.10 bits per heavy atom. The third-order valence-corrected chi connectivity index (χ3v) is 3.75. The Balaban J connectivity index is 2.08. The van der Waals surface area contributed by atoms with Gasteiger partial charge >= 0.3 is 0 Å². The molecule has 0 radical (unpaired) electrons. The van der Waals surface area contributed by atoms with E-state index in [1.54, 1.807) is 0 Å². The zero-order valence-corrected chi connectivity index (χ0v) is 14.0. The lowest BCUT2D eigenvalue weighted by Crippen LogP contribution is -2.14. The molecule has 2 N–H and O–H groups in total. The van der Waals surface area contributed by atoms with Gasteiger partial charge in [-0.25, -0.2) is 0 Å². The quantitative estimate of drug-likeness (QED) is 0.783. The lowest BCUT2D eigenvalue weighted by Gasteiger charge is -2.15. The van der Waals surface area contributed by atoms with E-state index in [2.05, 4.69) is 52.9 Å². The monoisotopic (exact) mass is 381 g/mol. The average Bonchev–Trinajstić information content (AvgIpc) is 2.41. The minimum absolute atomic E-state index is 0.00854. The van der Waals surface area contributed by atoms with Crippen LogP contribution in [0.5, 0.6) is 5.75 Å². The number of hydrogen-bond donors (Lipinski definition) is 1. The minimum atomic E-state index is -0.00854. The Morgan fingerprint density at radius 3 is 2.45 bits per heavy atom. The molecule has 1 atom stereocenters. The van der Waals surface area contributed by atoms with E-state index in [4.69, 9.17) is 10.5 Å². The summed E-state index contributed by atoms with van der Waals surface area (Å²) in [5.74, 6) is 0.885. The van der Waals surface area contributed by atoms with Crippen LogP contribution < -0.4 is 10.5 Å². The van der Waals surface area contributed by atoms with E-state index in [1.165, 1.54) is 9.13 Å². The van der Waals surface area contributed by atoms with Crippen LogP contribution in [0.4, 0.5) is 0 Å². The van der Waals surface area contributed by atoms with Crippen molar-refractivity contribution in [3.63, 3.8) is 0 Å². The van der Waals surface area contributed by atoms with E-state index in [0.717, 1.165) is 17.7 Å². The summed E-state index contributed by atoms with van der Waals surface area (Å²) in [4.78, 5) is 0. The molecule has 0 fully saturated rings. The molecule has 0 amide bonds. The molecule has 3 heteroatoms. The molecule has 0 saturated heterocycles. The van der Waals surface area contributed by atoms with Gasteiger partial charge in [0, 0.05) is 9.61 Å². The number of benzene rings is 2. The Kier molecular flexibility index (Phi) is 5.43. The topological polar surface area (TPSA) is 35.2 Å². The van der Waals surface area contributed by atoms with E-state index in [0.29, 0.717) is 0 Å². The molecule has 2 aromatic rings. The lowest BCUT2D eigenvalue weighted by molar-refractivity contribution is 0.242. The van der Waals surface area contributed by atoms with Crippen molar-refractivity contribution in [1.29, 1.82) is 0 Å². The van der Waals surface area contributed by atoms with Crippen molar-refractivity contribution in [3.8, 4) is 5.75 Å². The van der Waals surface area contributed by atoms with Crippen LogP contribution in [-0.2, 0) is 6.42 Å². The molecule has 0 saturated carbocycles. The molecule has 0 aliphatic heterocycles. The summed E-state index contributed by atoms with van der Waals surface area (Å²) in [5.41, 5.74) is 8.68. The maximum atomic E-state index is 6.31. The highest BCUT2D eigenvalue weighted by atomic mass is 127. The van der Waals surface area contributed by atoms with Crippen LogP contribution in [-0.4, -0.2) is 6.10 Å². The van der Waals surface area contributed by atoms with Crippen molar-refractivity contribution in [2.75, 3.05) is 0 Å².